The lowest BCUT2D eigenvalue weighted by Crippen LogP contribution is -2.22. The fourth-order valence-corrected chi connectivity index (χ4v) is 3.38. The Hall–Kier alpha value is -4.39. The van der Waals surface area contributed by atoms with Crippen LogP contribution in [0.3, 0.4) is 0 Å². The fourth-order valence-electron chi connectivity index (χ4n) is 3.38. The second kappa shape index (κ2) is 8.77. The first-order chi connectivity index (χ1) is 15.7. The highest BCUT2D eigenvalue weighted by molar-refractivity contribution is 5.95. The van der Waals surface area contributed by atoms with Crippen molar-refractivity contribution in [1.29, 1.82) is 0 Å². The van der Waals surface area contributed by atoms with E-state index in [9.17, 15) is 4.79 Å². The molecule has 32 heavy (non-hydrogen) atoms. The van der Waals surface area contributed by atoms with E-state index in [0.29, 0.717) is 23.7 Å². The zero-order valence-corrected chi connectivity index (χ0v) is 17.1. The van der Waals surface area contributed by atoms with Gasteiger partial charge in [-0.1, -0.05) is 42.5 Å². The predicted molar refractivity (Wildman–Crippen MR) is 121 cm³/mol. The SMILES string of the molecule is O=C(NCc1ccc2c(c1)OCO2)c1cccc(Nc2ccc(-c3ccccc3)nn2)c1. The fraction of sp³-hybridized carbons (Fsp3) is 0.0800. The van der Waals surface area contributed by atoms with Gasteiger partial charge >= 0.3 is 0 Å². The molecule has 1 aliphatic heterocycles. The molecule has 1 aliphatic rings. The van der Waals surface area contributed by atoms with E-state index in [-0.39, 0.29) is 12.7 Å². The third-order valence-corrected chi connectivity index (χ3v) is 5.02. The first-order valence-electron chi connectivity index (χ1n) is 10.2. The first kappa shape index (κ1) is 19.6. The summed E-state index contributed by atoms with van der Waals surface area (Å²) in [4.78, 5) is 12.6. The number of ether oxygens (including phenoxy) is 2. The molecule has 0 spiro atoms. The third kappa shape index (κ3) is 4.37. The molecule has 158 valence electrons. The number of nitrogens with zero attached hydrogens (tertiary/aromatic N) is 2. The summed E-state index contributed by atoms with van der Waals surface area (Å²) in [5.41, 5.74) is 4.04. The number of carbonyl (C=O) groups is 1. The van der Waals surface area contributed by atoms with Gasteiger partial charge in [0.1, 0.15) is 0 Å². The molecule has 0 bridgehead atoms. The Kier molecular flexibility index (Phi) is 5.36. The Balaban J connectivity index is 1.22. The zero-order valence-electron chi connectivity index (χ0n) is 17.1. The van der Waals surface area contributed by atoms with Gasteiger partial charge in [0.2, 0.25) is 6.79 Å². The molecule has 7 heteroatoms. The number of hydrogen-bond acceptors (Lipinski definition) is 6. The molecule has 0 atom stereocenters. The van der Waals surface area contributed by atoms with Gasteiger partial charge in [-0.2, -0.15) is 0 Å². The van der Waals surface area contributed by atoms with Crippen molar-refractivity contribution in [2.24, 2.45) is 0 Å². The number of rotatable bonds is 6. The van der Waals surface area contributed by atoms with Crippen LogP contribution in [0.5, 0.6) is 11.5 Å². The Morgan fingerprint density at radius 3 is 2.56 bits per heavy atom. The number of fused-ring (bicyclic) bond motifs is 1. The molecule has 1 amide bonds. The van der Waals surface area contributed by atoms with Crippen molar-refractivity contribution in [3.05, 3.63) is 96.1 Å². The lowest BCUT2D eigenvalue weighted by Gasteiger charge is -2.09. The summed E-state index contributed by atoms with van der Waals surface area (Å²) in [5, 5.41) is 14.7. The van der Waals surface area contributed by atoms with Crippen LogP contribution in [-0.4, -0.2) is 22.9 Å². The standard InChI is InChI=1S/C25H20N4O3/c30-25(26-15-17-9-11-22-23(13-17)32-16-31-22)19-7-4-8-20(14-19)27-24-12-10-21(28-29-24)18-5-2-1-3-6-18/h1-14H,15-16H2,(H,26,30)(H,27,29). The van der Waals surface area contributed by atoms with Gasteiger partial charge < -0.3 is 20.1 Å². The summed E-state index contributed by atoms with van der Waals surface area (Å²) < 4.78 is 10.7. The highest BCUT2D eigenvalue weighted by Crippen LogP contribution is 2.32. The molecular weight excluding hydrogens is 404 g/mol. The molecule has 7 nitrogen and oxygen atoms in total. The van der Waals surface area contributed by atoms with Crippen LogP contribution in [-0.2, 0) is 6.54 Å². The van der Waals surface area contributed by atoms with Crippen molar-refractivity contribution >= 4 is 17.4 Å². The molecule has 0 aliphatic carbocycles. The number of anilines is 2. The molecule has 5 rings (SSSR count). The van der Waals surface area contributed by atoms with Crippen molar-refractivity contribution in [2.75, 3.05) is 12.1 Å². The van der Waals surface area contributed by atoms with Crippen LogP contribution in [0.15, 0.2) is 84.9 Å². The zero-order chi connectivity index (χ0) is 21.8. The molecule has 2 heterocycles. The van der Waals surface area contributed by atoms with E-state index in [0.717, 1.165) is 28.3 Å². The minimum atomic E-state index is -0.170. The van der Waals surface area contributed by atoms with E-state index in [1.165, 1.54) is 0 Å². The van der Waals surface area contributed by atoms with Crippen LogP contribution in [0.1, 0.15) is 15.9 Å². The van der Waals surface area contributed by atoms with Crippen molar-refractivity contribution in [2.45, 2.75) is 6.54 Å². The predicted octanol–water partition coefficient (Wildman–Crippen LogP) is 4.55. The van der Waals surface area contributed by atoms with Gasteiger partial charge in [0.05, 0.1) is 5.69 Å². The first-order valence-corrected chi connectivity index (χ1v) is 10.2. The number of benzene rings is 3. The monoisotopic (exact) mass is 424 g/mol. The van der Waals surface area contributed by atoms with Crippen LogP contribution in [0.4, 0.5) is 11.5 Å². The molecule has 2 N–H and O–H groups in total. The molecule has 0 unspecified atom stereocenters. The minimum absolute atomic E-state index is 0.170. The Morgan fingerprint density at radius 1 is 0.844 bits per heavy atom. The van der Waals surface area contributed by atoms with Crippen molar-refractivity contribution in [3.63, 3.8) is 0 Å². The second-order valence-electron chi connectivity index (χ2n) is 7.25. The van der Waals surface area contributed by atoms with E-state index < -0.39 is 0 Å². The molecular formula is C25H20N4O3. The van der Waals surface area contributed by atoms with Crippen LogP contribution in [0.25, 0.3) is 11.3 Å². The summed E-state index contributed by atoms with van der Waals surface area (Å²) in [6, 6.07) is 26.5. The number of aromatic nitrogens is 2. The average molecular weight is 424 g/mol. The molecule has 0 saturated carbocycles. The van der Waals surface area contributed by atoms with Crippen molar-refractivity contribution in [1.82, 2.24) is 15.5 Å². The van der Waals surface area contributed by atoms with Gasteiger partial charge in [-0.15, -0.1) is 10.2 Å². The number of hydrogen-bond donors (Lipinski definition) is 2. The summed E-state index contributed by atoms with van der Waals surface area (Å²) in [6.07, 6.45) is 0. The maximum absolute atomic E-state index is 12.6. The van der Waals surface area contributed by atoms with E-state index in [2.05, 4.69) is 20.8 Å². The molecule has 3 aromatic carbocycles. The van der Waals surface area contributed by atoms with Gasteiger partial charge in [-0.05, 0) is 48.0 Å². The molecule has 0 saturated heterocycles. The highest BCUT2D eigenvalue weighted by Gasteiger charge is 2.14. The van der Waals surface area contributed by atoms with Gasteiger partial charge in [0.15, 0.2) is 17.3 Å². The molecule has 0 fully saturated rings. The van der Waals surface area contributed by atoms with Gasteiger partial charge in [-0.3, -0.25) is 4.79 Å². The Morgan fingerprint density at radius 2 is 1.72 bits per heavy atom. The summed E-state index contributed by atoms with van der Waals surface area (Å²) >= 11 is 0. The van der Waals surface area contributed by atoms with E-state index >= 15 is 0 Å². The number of carbonyl (C=O) groups excluding carboxylic acids is 1. The lowest BCUT2D eigenvalue weighted by atomic mass is 10.1. The molecule has 1 aromatic heterocycles. The van der Waals surface area contributed by atoms with Gasteiger partial charge in [0, 0.05) is 23.4 Å². The average Bonchev–Trinajstić information content (AvgIpc) is 3.32. The third-order valence-electron chi connectivity index (χ3n) is 5.02. The van der Waals surface area contributed by atoms with E-state index in [4.69, 9.17) is 9.47 Å². The van der Waals surface area contributed by atoms with Crippen LogP contribution in [0.2, 0.25) is 0 Å². The maximum atomic E-state index is 12.6. The summed E-state index contributed by atoms with van der Waals surface area (Å²) in [6.45, 7) is 0.615. The molecule has 4 aromatic rings. The van der Waals surface area contributed by atoms with Gasteiger partial charge in [-0.25, -0.2) is 0 Å². The van der Waals surface area contributed by atoms with Crippen molar-refractivity contribution < 1.29 is 14.3 Å². The van der Waals surface area contributed by atoms with Crippen LogP contribution in [0, 0.1) is 0 Å². The number of amides is 1. The summed E-state index contributed by atoms with van der Waals surface area (Å²) in [5.74, 6) is 1.85. The van der Waals surface area contributed by atoms with Gasteiger partial charge in [0.25, 0.3) is 5.91 Å². The summed E-state index contributed by atoms with van der Waals surface area (Å²) in [7, 11) is 0. The molecule has 0 radical (unpaired) electrons. The minimum Gasteiger partial charge on any atom is -0.454 e. The van der Waals surface area contributed by atoms with Crippen molar-refractivity contribution in [3.8, 4) is 22.8 Å². The van der Waals surface area contributed by atoms with Crippen LogP contribution >= 0.6 is 0 Å². The normalized spacial score (nSPS) is 11.8. The topological polar surface area (TPSA) is 85.4 Å². The Labute approximate surface area is 185 Å². The van der Waals surface area contributed by atoms with E-state index in [1.54, 1.807) is 12.1 Å². The quantitative estimate of drug-likeness (QED) is 0.473. The number of nitrogens with one attached hydrogen (secondary N) is 2. The lowest BCUT2D eigenvalue weighted by molar-refractivity contribution is 0.0951. The van der Waals surface area contributed by atoms with E-state index in [1.807, 2.05) is 72.8 Å². The largest absolute Gasteiger partial charge is 0.454 e. The Bertz CT molecular complexity index is 1240. The second-order valence-corrected chi connectivity index (χ2v) is 7.25. The maximum Gasteiger partial charge on any atom is 0.251 e. The van der Waals surface area contributed by atoms with Crippen LogP contribution < -0.4 is 20.1 Å². The smallest absolute Gasteiger partial charge is 0.251 e. The highest BCUT2D eigenvalue weighted by atomic mass is 16.7.